The molecule has 0 unspecified atom stereocenters. The van der Waals surface area contributed by atoms with Crippen LogP contribution in [0.15, 0.2) is 36.5 Å². The van der Waals surface area contributed by atoms with E-state index in [1.54, 1.807) is 6.20 Å². The topological polar surface area (TPSA) is 39.7 Å². The Hall–Kier alpha value is -2.56. The van der Waals surface area contributed by atoms with Crippen molar-refractivity contribution in [3.05, 3.63) is 47.7 Å². The van der Waals surface area contributed by atoms with Crippen molar-refractivity contribution in [3.8, 4) is 0 Å². The molecule has 3 heterocycles. The summed E-state index contributed by atoms with van der Waals surface area (Å²) >= 11 is 0. The number of carbonyl (C=O) groups excluding carboxylic acids is 1. The highest BCUT2D eigenvalue weighted by molar-refractivity contribution is 6.09. The van der Waals surface area contributed by atoms with E-state index < -0.39 is 0 Å². The van der Waals surface area contributed by atoms with Crippen LogP contribution in [0.4, 0.5) is 17.2 Å². The van der Waals surface area contributed by atoms with Crippen LogP contribution >= 0.6 is 0 Å². The predicted molar refractivity (Wildman–Crippen MR) is 106 cm³/mol. The van der Waals surface area contributed by atoms with E-state index >= 15 is 0 Å². The Labute approximate surface area is 155 Å². The Morgan fingerprint density at radius 3 is 2.65 bits per heavy atom. The molecule has 2 aliphatic rings. The third-order valence-electron chi connectivity index (χ3n) is 5.34. The van der Waals surface area contributed by atoms with Crippen LogP contribution in [0.25, 0.3) is 0 Å². The van der Waals surface area contributed by atoms with Crippen molar-refractivity contribution in [2.75, 3.05) is 48.4 Å². The molecule has 1 aromatic heterocycles. The Morgan fingerprint density at radius 1 is 1.08 bits per heavy atom. The van der Waals surface area contributed by atoms with Gasteiger partial charge in [-0.3, -0.25) is 4.79 Å². The third kappa shape index (κ3) is 3.02. The first-order valence-electron chi connectivity index (χ1n) is 9.47. The molecule has 0 spiro atoms. The van der Waals surface area contributed by atoms with Gasteiger partial charge in [-0.1, -0.05) is 6.07 Å². The van der Waals surface area contributed by atoms with Crippen LogP contribution in [-0.4, -0.2) is 44.6 Å². The maximum atomic E-state index is 13.4. The summed E-state index contributed by atoms with van der Waals surface area (Å²) in [5.74, 6) is 0.765. The summed E-state index contributed by atoms with van der Waals surface area (Å²) in [6.07, 6.45) is 6.28. The number of benzene rings is 1. The van der Waals surface area contributed by atoms with E-state index in [0.717, 1.165) is 44.0 Å². The summed E-state index contributed by atoms with van der Waals surface area (Å²) in [7, 11) is 3.85. The number of nitrogens with zero attached hydrogens (tertiary/aromatic N) is 4. The summed E-state index contributed by atoms with van der Waals surface area (Å²) in [5, 5.41) is 0. The summed E-state index contributed by atoms with van der Waals surface area (Å²) < 4.78 is 0. The second kappa shape index (κ2) is 6.98. The minimum atomic E-state index is 0.0429. The van der Waals surface area contributed by atoms with Crippen LogP contribution in [0.1, 0.15) is 35.2 Å². The largest absolute Gasteiger partial charge is 0.371 e. The molecule has 5 nitrogen and oxygen atoms in total. The Morgan fingerprint density at radius 2 is 1.88 bits per heavy atom. The molecule has 26 heavy (non-hydrogen) atoms. The van der Waals surface area contributed by atoms with Crippen molar-refractivity contribution in [2.24, 2.45) is 0 Å². The van der Waals surface area contributed by atoms with Crippen molar-refractivity contribution in [1.29, 1.82) is 0 Å². The highest BCUT2D eigenvalue weighted by atomic mass is 16.2. The Bertz CT molecular complexity index is 811. The summed E-state index contributed by atoms with van der Waals surface area (Å²) in [5.41, 5.74) is 4.24. The number of fused-ring (bicyclic) bond motifs is 1. The fourth-order valence-corrected chi connectivity index (χ4v) is 4.01. The lowest BCUT2D eigenvalue weighted by Gasteiger charge is -2.32. The van der Waals surface area contributed by atoms with Crippen LogP contribution < -0.4 is 14.7 Å². The first-order chi connectivity index (χ1) is 12.6. The van der Waals surface area contributed by atoms with Crippen molar-refractivity contribution in [3.63, 3.8) is 0 Å². The van der Waals surface area contributed by atoms with Crippen molar-refractivity contribution < 1.29 is 4.79 Å². The van der Waals surface area contributed by atoms with Gasteiger partial charge in [-0.15, -0.1) is 0 Å². The normalized spacial score (nSPS) is 16.5. The fourth-order valence-electron chi connectivity index (χ4n) is 4.01. The molecule has 136 valence electrons. The van der Waals surface area contributed by atoms with E-state index in [4.69, 9.17) is 0 Å². The molecule has 2 aromatic rings. The van der Waals surface area contributed by atoms with Gasteiger partial charge in [0.1, 0.15) is 5.82 Å². The molecule has 0 N–H and O–H groups in total. The maximum Gasteiger partial charge on any atom is 0.262 e. The van der Waals surface area contributed by atoms with Gasteiger partial charge in [0.2, 0.25) is 0 Å². The van der Waals surface area contributed by atoms with E-state index in [-0.39, 0.29) is 5.91 Å². The van der Waals surface area contributed by atoms with Crippen LogP contribution in [0.3, 0.4) is 0 Å². The van der Waals surface area contributed by atoms with Gasteiger partial charge in [-0.2, -0.15) is 0 Å². The molecule has 1 saturated heterocycles. The lowest BCUT2D eigenvalue weighted by atomic mass is 10.00. The molecule has 0 bridgehead atoms. The fraction of sp³-hybridized carbons (Fsp3) is 0.429. The van der Waals surface area contributed by atoms with Crippen LogP contribution in [0.5, 0.6) is 0 Å². The molecular formula is C21H26N4O. The molecule has 0 saturated carbocycles. The van der Waals surface area contributed by atoms with Gasteiger partial charge in [0.05, 0.1) is 5.56 Å². The first-order valence-corrected chi connectivity index (χ1v) is 9.47. The Kier molecular flexibility index (Phi) is 4.53. The number of hydrogen-bond donors (Lipinski definition) is 0. The zero-order valence-corrected chi connectivity index (χ0v) is 15.6. The second-order valence-corrected chi connectivity index (χ2v) is 7.34. The molecule has 2 aliphatic heterocycles. The molecule has 1 fully saturated rings. The average molecular weight is 350 g/mol. The smallest absolute Gasteiger partial charge is 0.262 e. The summed E-state index contributed by atoms with van der Waals surface area (Å²) in [6, 6.07) is 10.4. The van der Waals surface area contributed by atoms with Crippen molar-refractivity contribution in [2.45, 2.75) is 25.7 Å². The highest BCUT2D eigenvalue weighted by Gasteiger charge is 2.27. The number of amides is 1. The molecule has 1 aromatic carbocycles. The van der Waals surface area contributed by atoms with Gasteiger partial charge < -0.3 is 14.7 Å². The number of aryl methyl sites for hydroxylation is 1. The lowest BCUT2D eigenvalue weighted by molar-refractivity contribution is 0.0985. The second-order valence-electron chi connectivity index (χ2n) is 7.34. The van der Waals surface area contributed by atoms with Gasteiger partial charge in [0.25, 0.3) is 5.91 Å². The Balaban J connectivity index is 1.71. The quantitative estimate of drug-likeness (QED) is 0.851. The number of anilines is 3. The zero-order chi connectivity index (χ0) is 18.1. The van der Waals surface area contributed by atoms with Crippen LogP contribution in [-0.2, 0) is 6.42 Å². The first kappa shape index (κ1) is 16.9. The van der Waals surface area contributed by atoms with Gasteiger partial charge in [-0.05, 0) is 55.5 Å². The monoisotopic (exact) mass is 350 g/mol. The highest BCUT2D eigenvalue weighted by Crippen LogP contribution is 2.34. The number of pyridine rings is 1. The summed E-state index contributed by atoms with van der Waals surface area (Å²) in [6.45, 7) is 2.98. The molecular weight excluding hydrogens is 324 g/mol. The minimum absolute atomic E-state index is 0.0429. The van der Waals surface area contributed by atoms with E-state index in [0.29, 0.717) is 5.56 Å². The molecule has 0 radical (unpaired) electrons. The summed E-state index contributed by atoms with van der Waals surface area (Å²) in [4.78, 5) is 24.0. The van der Waals surface area contributed by atoms with E-state index in [2.05, 4.69) is 28.1 Å². The number of hydrogen-bond acceptors (Lipinski definition) is 4. The molecule has 0 aliphatic carbocycles. The molecule has 5 heteroatoms. The van der Waals surface area contributed by atoms with E-state index in [1.807, 2.05) is 36.0 Å². The molecule has 0 atom stereocenters. The predicted octanol–water partition coefficient (Wildman–Crippen LogP) is 3.34. The number of carbonyl (C=O) groups is 1. The van der Waals surface area contributed by atoms with Gasteiger partial charge in [0, 0.05) is 51.3 Å². The van der Waals surface area contributed by atoms with E-state index in [9.17, 15) is 4.79 Å². The number of rotatable bonds is 3. The third-order valence-corrected chi connectivity index (χ3v) is 5.34. The number of aromatic nitrogens is 1. The maximum absolute atomic E-state index is 13.4. The van der Waals surface area contributed by atoms with Crippen molar-refractivity contribution in [1.82, 2.24) is 4.98 Å². The SMILES string of the molecule is CN(C)c1ncccc1C(=O)N1CCCc2ccc(N3CCCC3)cc21. The standard InChI is InChI=1S/C21H26N4O/c1-23(2)20-18(8-5-11-22-20)21(26)25-14-6-7-16-9-10-17(15-19(16)25)24-12-3-4-13-24/h5,8-11,15H,3-4,6-7,12-14H2,1-2H3. The lowest BCUT2D eigenvalue weighted by Crippen LogP contribution is -2.36. The van der Waals surface area contributed by atoms with Crippen molar-refractivity contribution >= 4 is 23.1 Å². The van der Waals surface area contributed by atoms with Gasteiger partial charge in [0.15, 0.2) is 0 Å². The van der Waals surface area contributed by atoms with Crippen LogP contribution in [0, 0.1) is 0 Å². The van der Waals surface area contributed by atoms with Gasteiger partial charge in [-0.25, -0.2) is 4.98 Å². The zero-order valence-electron chi connectivity index (χ0n) is 15.6. The molecule has 1 amide bonds. The minimum Gasteiger partial charge on any atom is -0.371 e. The van der Waals surface area contributed by atoms with Crippen LogP contribution in [0.2, 0.25) is 0 Å². The van der Waals surface area contributed by atoms with Gasteiger partial charge >= 0.3 is 0 Å². The molecule has 4 rings (SSSR count). The average Bonchev–Trinajstić information content (AvgIpc) is 3.21. The van der Waals surface area contributed by atoms with E-state index in [1.165, 1.54) is 24.1 Å².